The number of aliphatic hydroxyl groups excluding tert-OH is 1. The summed E-state index contributed by atoms with van der Waals surface area (Å²) in [4.78, 5) is -0.0984. The van der Waals surface area contributed by atoms with Gasteiger partial charge < -0.3 is 10.4 Å². The predicted molar refractivity (Wildman–Crippen MR) is 77.2 cm³/mol. The molecule has 0 aliphatic rings. The smallest absolute Gasteiger partial charge is 0.181 e. The molecule has 114 valence electrons. The SMILES string of the molecule is CC(C)(C)NCC(O)CS(=O)(=O)c1ccc(F)c(Cl)c1. The van der Waals surface area contributed by atoms with Gasteiger partial charge in [-0.1, -0.05) is 11.6 Å². The van der Waals surface area contributed by atoms with Gasteiger partial charge in [0.15, 0.2) is 9.84 Å². The molecule has 1 aromatic carbocycles. The van der Waals surface area contributed by atoms with E-state index in [0.717, 1.165) is 18.2 Å². The molecule has 20 heavy (non-hydrogen) atoms. The van der Waals surface area contributed by atoms with Crippen molar-refractivity contribution in [1.29, 1.82) is 0 Å². The van der Waals surface area contributed by atoms with Crippen molar-refractivity contribution in [3.05, 3.63) is 29.0 Å². The molecule has 0 aliphatic heterocycles. The summed E-state index contributed by atoms with van der Waals surface area (Å²) in [7, 11) is -3.71. The van der Waals surface area contributed by atoms with Crippen molar-refractivity contribution in [3.63, 3.8) is 0 Å². The molecule has 0 saturated heterocycles. The highest BCUT2D eigenvalue weighted by Crippen LogP contribution is 2.20. The minimum Gasteiger partial charge on any atom is -0.391 e. The Morgan fingerprint density at radius 3 is 2.50 bits per heavy atom. The maximum absolute atomic E-state index is 13.0. The van der Waals surface area contributed by atoms with Crippen LogP contribution < -0.4 is 5.32 Å². The molecule has 2 N–H and O–H groups in total. The van der Waals surface area contributed by atoms with E-state index in [1.54, 1.807) is 0 Å². The molecule has 0 amide bonds. The molecule has 1 unspecified atom stereocenters. The molecule has 0 heterocycles. The number of benzene rings is 1. The highest BCUT2D eigenvalue weighted by Gasteiger charge is 2.22. The van der Waals surface area contributed by atoms with Gasteiger partial charge in [0.2, 0.25) is 0 Å². The summed E-state index contributed by atoms with van der Waals surface area (Å²) in [6, 6.07) is 3.19. The number of halogens is 2. The summed E-state index contributed by atoms with van der Waals surface area (Å²) in [6.07, 6.45) is -1.05. The Hall–Kier alpha value is -0.690. The zero-order valence-electron chi connectivity index (χ0n) is 11.7. The number of aliphatic hydroxyl groups is 1. The maximum Gasteiger partial charge on any atom is 0.181 e. The van der Waals surface area contributed by atoms with Gasteiger partial charge >= 0.3 is 0 Å². The Bertz CT molecular complexity index is 569. The van der Waals surface area contributed by atoms with Crippen molar-refractivity contribution < 1.29 is 17.9 Å². The first-order chi connectivity index (χ1) is 9.01. The van der Waals surface area contributed by atoms with Gasteiger partial charge in [0.05, 0.1) is 21.8 Å². The lowest BCUT2D eigenvalue weighted by molar-refractivity contribution is 0.181. The van der Waals surface area contributed by atoms with Gasteiger partial charge in [0.25, 0.3) is 0 Å². The summed E-state index contributed by atoms with van der Waals surface area (Å²) >= 11 is 5.56. The normalized spacial score (nSPS) is 14.3. The molecule has 1 aromatic rings. The van der Waals surface area contributed by atoms with Crippen LogP contribution in [0.4, 0.5) is 4.39 Å². The van der Waals surface area contributed by atoms with Crippen molar-refractivity contribution >= 4 is 21.4 Å². The van der Waals surface area contributed by atoms with Crippen LogP contribution in [0.25, 0.3) is 0 Å². The quantitative estimate of drug-likeness (QED) is 0.813. The molecule has 4 nitrogen and oxygen atoms in total. The maximum atomic E-state index is 13.0. The molecule has 7 heteroatoms. The molecule has 0 fully saturated rings. The Morgan fingerprint density at radius 1 is 1.40 bits per heavy atom. The van der Waals surface area contributed by atoms with Crippen molar-refractivity contribution in [2.45, 2.75) is 37.3 Å². The van der Waals surface area contributed by atoms with Crippen LogP contribution in [0.2, 0.25) is 5.02 Å². The van der Waals surface area contributed by atoms with Gasteiger partial charge in [-0.2, -0.15) is 0 Å². The monoisotopic (exact) mass is 323 g/mol. The van der Waals surface area contributed by atoms with Crippen molar-refractivity contribution in [2.75, 3.05) is 12.3 Å². The summed E-state index contributed by atoms with van der Waals surface area (Å²) < 4.78 is 37.1. The fourth-order valence-electron chi connectivity index (χ4n) is 1.50. The second kappa shape index (κ2) is 6.39. The van der Waals surface area contributed by atoms with Crippen LogP contribution in [-0.2, 0) is 9.84 Å². The molecule has 0 bridgehead atoms. The number of β-amino-alcohol motifs (C(OH)–C–C–N with tert-alkyl or cyclic N) is 1. The molecule has 0 aliphatic carbocycles. The van der Waals surface area contributed by atoms with E-state index in [2.05, 4.69) is 5.32 Å². The Balaban J connectivity index is 2.76. The summed E-state index contributed by atoms with van der Waals surface area (Å²) in [5.74, 6) is -1.13. The van der Waals surface area contributed by atoms with E-state index < -0.39 is 27.5 Å². The summed E-state index contributed by atoms with van der Waals surface area (Å²) in [5.41, 5.74) is -0.218. The number of rotatable bonds is 5. The van der Waals surface area contributed by atoms with Crippen LogP contribution >= 0.6 is 11.6 Å². The number of nitrogens with one attached hydrogen (secondary N) is 1. The molecule has 1 rings (SSSR count). The lowest BCUT2D eigenvalue weighted by Crippen LogP contribution is -2.42. The Labute approximate surface area is 123 Å². The second-order valence-corrected chi connectivity index (χ2v) is 8.08. The van der Waals surface area contributed by atoms with E-state index >= 15 is 0 Å². The molecule has 0 saturated carbocycles. The van der Waals surface area contributed by atoms with Crippen LogP contribution in [0.5, 0.6) is 0 Å². The zero-order valence-corrected chi connectivity index (χ0v) is 13.2. The average molecular weight is 324 g/mol. The first-order valence-corrected chi connectivity index (χ1v) is 8.15. The average Bonchev–Trinajstić information content (AvgIpc) is 2.28. The van der Waals surface area contributed by atoms with E-state index in [1.807, 2.05) is 20.8 Å². The van der Waals surface area contributed by atoms with Gasteiger partial charge in [0.1, 0.15) is 5.82 Å². The largest absolute Gasteiger partial charge is 0.391 e. The molecule has 0 spiro atoms. The lowest BCUT2D eigenvalue weighted by Gasteiger charge is -2.22. The van der Waals surface area contributed by atoms with Gasteiger partial charge in [-0.15, -0.1) is 0 Å². The first kappa shape index (κ1) is 17.4. The zero-order chi connectivity index (χ0) is 15.6. The third-order valence-corrected chi connectivity index (χ3v) is 4.62. The van der Waals surface area contributed by atoms with Crippen LogP contribution in [0.3, 0.4) is 0 Å². The van der Waals surface area contributed by atoms with E-state index in [1.165, 1.54) is 0 Å². The van der Waals surface area contributed by atoms with Crippen molar-refractivity contribution in [3.8, 4) is 0 Å². The van der Waals surface area contributed by atoms with Gasteiger partial charge in [-0.05, 0) is 39.0 Å². The van der Waals surface area contributed by atoms with Crippen molar-refractivity contribution in [1.82, 2.24) is 5.32 Å². The number of hydrogen-bond acceptors (Lipinski definition) is 4. The second-order valence-electron chi connectivity index (χ2n) is 5.64. The van der Waals surface area contributed by atoms with Crippen LogP contribution in [0.1, 0.15) is 20.8 Å². The standard InChI is InChI=1S/C13H19ClFNO3S/c1-13(2,3)16-7-9(17)8-20(18,19)10-4-5-12(15)11(14)6-10/h4-6,9,16-17H,7-8H2,1-3H3. The van der Waals surface area contributed by atoms with Crippen LogP contribution in [0, 0.1) is 5.82 Å². The van der Waals surface area contributed by atoms with Gasteiger partial charge in [-0.3, -0.25) is 0 Å². The van der Waals surface area contributed by atoms with E-state index in [9.17, 15) is 17.9 Å². The summed E-state index contributed by atoms with van der Waals surface area (Å²) in [6.45, 7) is 5.88. The van der Waals surface area contributed by atoms with Crippen molar-refractivity contribution in [2.24, 2.45) is 0 Å². The first-order valence-electron chi connectivity index (χ1n) is 6.12. The third kappa shape index (κ3) is 5.36. The molecule has 0 aromatic heterocycles. The number of hydrogen-bond donors (Lipinski definition) is 2. The fraction of sp³-hybridized carbons (Fsp3) is 0.538. The minimum absolute atomic E-state index is 0.0984. The highest BCUT2D eigenvalue weighted by molar-refractivity contribution is 7.91. The molecule has 0 radical (unpaired) electrons. The predicted octanol–water partition coefficient (Wildman–Crippen LogP) is 2.00. The Kier molecular flexibility index (Phi) is 5.54. The van der Waals surface area contributed by atoms with Crippen LogP contribution in [-0.4, -0.2) is 37.5 Å². The molecular formula is C13H19ClFNO3S. The fourth-order valence-corrected chi connectivity index (χ4v) is 3.14. The van der Waals surface area contributed by atoms with E-state index in [-0.39, 0.29) is 22.0 Å². The van der Waals surface area contributed by atoms with E-state index in [4.69, 9.17) is 11.6 Å². The van der Waals surface area contributed by atoms with Crippen LogP contribution in [0.15, 0.2) is 23.1 Å². The highest BCUT2D eigenvalue weighted by atomic mass is 35.5. The molecule has 1 atom stereocenters. The third-order valence-electron chi connectivity index (χ3n) is 2.53. The number of sulfone groups is 1. The Morgan fingerprint density at radius 2 is 2.00 bits per heavy atom. The van der Waals surface area contributed by atoms with Gasteiger partial charge in [-0.25, -0.2) is 12.8 Å². The van der Waals surface area contributed by atoms with Gasteiger partial charge in [0, 0.05) is 12.1 Å². The molecular weight excluding hydrogens is 305 g/mol. The minimum atomic E-state index is -3.71. The van der Waals surface area contributed by atoms with E-state index in [0.29, 0.717) is 0 Å². The summed E-state index contributed by atoms with van der Waals surface area (Å²) in [5, 5.41) is 12.5. The topological polar surface area (TPSA) is 66.4 Å². The lowest BCUT2D eigenvalue weighted by atomic mass is 10.1.